The second kappa shape index (κ2) is 5.45. The van der Waals surface area contributed by atoms with Gasteiger partial charge in [-0.25, -0.2) is 0 Å². The lowest BCUT2D eigenvalue weighted by Crippen LogP contribution is -2.23. The van der Waals surface area contributed by atoms with E-state index < -0.39 is 5.60 Å². The molecule has 19 heavy (non-hydrogen) atoms. The molecule has 1 N–H and O–H groups in total. The molecule has 0 aliphatic carbocycles. The van der Waals surface area contributed by atoms with Crippen LogP contribution >= 0.6 is 0 Å². The smallest absolute Gasteiger partial charge is 0.125 e. The van der Waals surface area contributed by atoms with Crippen LogP contribution in [-0.4, -0.2) is 12.2 Å². The Kier molecular flexibility index (Phi) is 3.91. The fourth-order valence-corrected chi connectivity index (χ4v) is 2.27. The summed E-state index contributed by atoms with van der Waals surface area (Å²) in [5, 5.41) is 10.9. The van der Waals surface area contributed by atoms with Gasteiger partial charge in [0.15, 0.2) is 0 Å². The number of ether oxygens (including phenoxy) is 1. The summed E-state index contributed by atoms with van der Waals surface area (Å²) in [6, 6.07) is 15.6. The van der Waals surface area contributed by atoms with Gasteiger partial charge in [-0.1, -0.05) is 43.3 Å². The lowest BCUT2D eigenvalue weighted by molar-refractivity contribution is 0.0988. The van der Waals surface area contributed by atoms with Crippen LogP contribution in [0.15, 0.2) is 48.5 Å². The number of benzene rings is 2. The Bertz CT molecular complexity index is 544. The third-order valence-corrected chi connectivity index (χ3v) is 3.53. The van der Waals surface area contributed by atoms with Crippen molar-refractivity contribution in [3.05, 3.63) is 65.2 Å². The molecule has 0 aliphatic rings. The van der Waals surface area contributed by atoms with Crippen molar-refractivity contribution in [2.45, 2.75) is 25.9 Å². The second-order valence-electron chi connectivity index (χ2n) is 4.83. The van der Waals surface area contributed by atoms with Crippen molar-refractivity contribution in [2.24, 2.45) is 0 Å². The molecule has 0 saturated carbocycles. The van der Waals surface area contributed by atoms with E-state index in [2.05, 4.69) is 6.92 Å². The normalized spacial score (nSPS) is 13.9. The molecular formula is C17H20O2. The largest absolute Gasteiger partial charge is 0.496 e. The van der Waals surface area contributed by atoms with Crippen molar-refractivity contribution in [3.8, 4) is 5.75 Å². The van der Waals surface area contributed by atoms with Crippen LogP contribution in [0.2, 0.25) is 0 Å². The van der Waals surface area contributed by atoms with E-state index in [1.165, 1.54) is 5.56 Å². The minimum atomic E-state index is -1.06. The molecule has 0 bridgehead atoms. The highest BCUT2D eigenvalue weighted by molar-refractivity contribution is 5.46. The van der Waals surface area contributed by atoms with Gasteiger partial charge in [-0.2, -0.15) is 0 Å². The van der Waals surface area contributed by atoms with Gasteiger partial charge in [0.25, 0.3) is 0 Å². The van der Waals surface area contributed by atoms with E-state index in [1.807, 2.05) is 48.5 Å². The molecule has 100 valence electrons. The third kappa shape index (κ3) is 2.64. The predicted octanol–water partition coefficient (Wildman–Crippen LogP) is 3.51. The van der Waals surface area contributed by atoms with Gasteiger partial charge >= 0.3 is 0 Å². The molecule has 2 aromatic carbocycles. The Morgan fingerprint density at radius 1 is 1.11 bits per heavy atom. The maximum Gasteiger partial charge on any atom is 0.125 e. The zero-order valence-corrected chi connectivity index (χ0v) is 11.7. The van der Waals surface area contributed by atoms with Crippen molar-refractivity contribution in [2.75, 3.05) is 7.11 Å². The summed E-state index contributed by atoms with van der Waals surface area (Å²) < 4.78 is 5.39. The molecular weight excluding hydrogens is 236 g/mol. The van der Waals surface area contributed by atoms with Crippen molar-refractivity contribution >= 4 is 0 Å². The Balaban J connectivity index is 2.56. The zero-order valence-electron chi connectivity index (χ0n) is 11.7. The first-order chi connectivity index (χ1) is 9.09. The van der Waals surface area contributed by atoms with Crippen LogP contribution in [0, 0.1) is 0 Å². The first-order valence-corrected chi connectivity index (χ1v) is 6.55. The molecule has 2 nitrogen and oxygen atoms in total. The van der Waals surface area contributed by atoms with E-state index in [0.717, 1.165) is 17.5 Å². The highest BCUT2D eigenvalue weighted by Gasteiger charge is 2.29. The van der Waals surface area contributed by atoms with Crippen molar-refractivity contribution < 1.29 is 9.84 Å². The molecule has 2 aromatic rings. The Hall–Kier alpha value is -1.80. The second-order valence-corrected chi connectivity index (χ2v) is 4.83. The van der Waals surface area contributed by atoms with Crippen LogP contribution in [0.1, 0.15) is 30.5 Å². The minimum Gasteiger partial charge on any atom is -0.496 e. The van der Waals surface area contributed by atoms with Gasteiger partial charge in [0, 0.05) is 5.56 Å². The van der Waals surface area contributed by atoms with Gasteiger partial charge in [-0.15, -0.1) is 0 Å². The summed E-state index contributed by atoms with van der Waals surface area (Å²) in [7, 11) is 1.63. The number of aliphatic hydroxyl groups is 1. The molecule has 0 saturated heterocycles. The Labute approximate surface area is 114 Å². The number of hydrogen-bond donors (Lipinski definition) is 1. The molecule has 1 atom stereocenters. The number of hydrogen-bond acceptors (Lipinski definition) is 2. The minimum absolute atomic E-state index is 0.714. The topological polar surface area (TPSA) is 29.5 Å². The van der Waals surface area contributed by atoms with Gasteiger partial charge in [0.2, 0.25) is 0 Å². The maximum absolute atomic E-state index is 10.9. The molecule has 2 rings (SSSR count). The first-order valence-electron chi connectivity index (χ1n) is 6.55. The van der Waals surface area contributed by atoms with E-state index in [9.17, 15) is 5.11 Å². The average molecular weight is 256 g/mol. The lowest BCUT2D eigenvalue weighted by atomic mass is 9.86. The molecule has 2 heteroatoms. The van der Waals surface area contributed by atoms with Gasteiger partial charge in [0.1, 0.15) is 11.4 Å². The molecule has 0 fully saturated rings. The van der Waals surface area contributed by atoms with Crippen LogP contribution in [0.5, 0.6) is 5.75 Å². The number of aryl methyl sites for hydroxylation is 1. The van der Waals surface area contributed by atoms with E-state index in [0.29, 0.717) is 5.75 Å². The lowest BCUT2D eigenvalue weighted by Gasteiger charge is -2.27. The van der Waals surface area contributed by atoms with Crippen LogP contribution in [-0.2, 0) is 12.0 Å². The number of methoxy groups -OCH3 is 1. The monoisotopic (exact) mass is 256 g/mol. The van der Waals surface area contributed by atoms with Gasteiger partial charge in [0.05, 0.1) is 7.11 Å². The summed E-state index contributed by atoms with van der Waals surface area (Å²) in [6.45, 7) is 3.91. The zero-order chi connectivity index (χ0) is 13.9. The van der Waals surface area contributed by atoms with Crippen LogP contribution in [0.3, 0.4) is 0 Å². The van der Waals surface area contributed by atoms with Gasteiger partial charge < -0.3 is 9.84 Å². The average Bonchev–Trinajstić information content (AvgIpc) is 2.47. The Morgan fingerprint density at radius 3 is 2.37 bits per heavy atom. The first kappa shape index (κ1) is 13.6. The van der Waals surface area contributed by atoms with Crippen molar-refractivity contribution in [3.63, 3.8) is 0 Å². The molecule has 0 heterocycles. The Morgan fingerprint density at radius 2 is 1.79 bits per heavy atom. The van der Waals surface area contributed by atoms with E-state index >= 15 is 0 Å². The summed E-state index contributed by atoms with van der Waals surface area (Å²) >= 11 is 0. The van der Waals surface area contributed by atoms with E-state index in [1.54, 1.807) is 14.0 Å². The molecule has 0 radical (unpaired) electrons. The van der Waals surface area contributed by atoms with E-state index in [4.69, 9.17) is 4.74 Å². The fraction of sp³-hybridized carbons (Fsp3) is 0.294. The summed E-state index contributed by atoms with van der Waals surface area (Å²) in [4.78, 5) is 0. The predicted molar refractivity (Wildman–Crippen MR) is 77.5 cm³/mol. The summed E-state index contributed by atoms with van der Waals surface area (Å²) in [5.41, 5.74) is 1.80. The molecule has 0 aliphatic heterocycles. The SMILES string of the molecule is CCc1ccc(OC)c(C(C)(O)c2ccccc2)c1. The van der Waals surface area contributed by atoms with Crippen LogP contribution < -0.4 is 4.74 Å². The molecule has 1 unspecified atom stereocenters. The highest BCUT2D eigenvalue weighted by Crippen LogP contribution is 2.35. The number of rotatable bonds is 4. The quantitative estimate of drug-likeness (QED) is 0.907. The molecule has 0 aromatic heterocycles. The molecule has 0 spiro atoms. The van der Waals surface area contributed by atoms with E-state index in [-0.39, 0.29) is 0 Å². The standard InChI is InChI=1S/C17H20O2/c1-4-13-10-11-16(19-3)15(12-13)17(2,18)14-8-6-5-7-9-14/h5-12,18H,4H2,1-3H3. The summed E-state index contributed by atoms with van der Waals surface area (Å²) in [6.07, 6.45) is 0.932. The van der Waals surface area contributed by atoms with Crippen LogP contribution in [0.25, 0.3) is 0 Å². The maximum atomic E-state index is 10.9. The summed E-state index contributed by atoms with van der Waals surface area (Å²) in [5.74, 6) is 0.714. The van der Waals surface area contributed by atoms with Crippen molar-refractivity contribution in [1.82, 2.24) is 0 Å². The highest BCUT2D eigenvalue weighted by atomic mass is 16.5. The van der Waals surface area contributed by atoms with Gasteiger partial charge in [-0.05, 0) is 36.6 Å². The third-order valence-electron chi connectivity index (χ3n) is 3.53. The fourth-order valence-electron chi connectivity index (χ4n) is 2.27. The molecule has 0 amide bonds. The van der Waals surface area contributed by atoms with Gasteiger partial charge in [-0.3, -0.25) is 0 Å². The van der Waals surface area contributed by atoms with Crippen molar-refractivity contribution in [1.29, 1.82) is 0 Å². The van der Waals surface area contributed by atoms with Crippen LogP contribution in [0.4, 0.5) is 0 Å².